The number of rotatable bonds is 9. The second-order valence-electron chi connectivity index (χ2n) is 5.46. The summed E-state index contributed by atoms with van der Waals surface area (Å²) < 4.78 is 10.6. The van der Waals surface area contributed by atoms with E-state index in [-0.39, 0.29) is 12.6 Å². The quantitative estimate of drug-likeness (QED) is 0.369. The van der Waals surface area contributed by atoms with Gasteiger partial charge >= 0.3 is 0 Å². The van der Waals surface area contributed by atoms with E-state index in [4.69, 9.17) is 9.47 Å². The lowest BCUT2D eigenvalue weighted by Gasteiger charge is -1.97. The fourth-order valence-corrected chi connectivity index (χ4v) is 2.33. The summed E-state index contributed by atoms with van der Waals surface area (Å²) >= 11 is 0. The second-order valence-corrected chi connectivity index (χ2v) is 5.46. The van der Waals surface area contributed by atoms with Gasteiger partial charge in [-0.1, -0.05) is 56.9 Å². The Balaban J connectivity index is 1.71. The molecule has 0 radical (unpaired) electrons. The molecule has 0 atom stereocenters. The minimum absolute atomic E-state index is 0.201. The minimum atomic E-state index is 0.201. The Labute approximate surface area is 132 Å². The summed E-state index contributed by atoms with van der Waals surface area (Å²) in [6.07, 6.45) is 13.8. The zero-order valence-electron chi connectivity index (χ0n) is 13.2. The average Bonchev–Trinajstić information content (AvgIpc) is 2.99. The third kappa shape index (κ3) is 5.40. The van der Waals surface area contributed by atoms with Gasteiger partial charge in [-0.2, -0.15) is 0 Å². The van der Waals surface area contributed by atoms with Gasteiger partial charge in [-0.3, -0.25) is 4.79 Å². The zero-order chi connectivity index (χ0) is 15.6. The summed E-state index contributed by atoms with van der Waals surface area (Å²) in [5.74, 6) is 1.76. The van der Waals surface area contributed by atoms with E-state index >= 15 is 0 Å². The Morgan fingerprint density at radius 2 is 1.91 bits per heavy atom. The predicted octanol–water partition coefficient (Wildman–Crippen LogP) is 4.91. The molecule has 2 rings (SSSR count). The number of unbranched alkanes of at least 4 members (excludes halogenated alkanes) is 4. The van der Waals surface area contributed by atoms with Crippen molar-refractivity contribution in [1.29, 1.82) is 0 Å². The van der Waals surface area contributed by atoms with Crippen molar-refractivity contribution in [3.05, 3.63) is 42.0 Å². The molecule has 1 heterocycles. The summed E-state index contributed by atoms with van der Waals surface area (Å²) in [4.78, 5) is 11.7. The molecule has 1 aromatic carbocycles. The lowest BCUT2D eigenvalue weighted by molar-refractivity contribution is -0.114. The Hall–Kier alpha value is -2.03. The van der Waals surface area contributed by atoms with Crippen LogP contribution in [0.2, 0.25) is 0 Å². The van der Waals surface area contributed by atoms with Gasteiger partial charge in [-0.05, 0) is 30.2 Å². The molecule has 0 fully saturated rings. The van der Waals surface area contributed by atoms with Crippen LogP contribution in [0.3, 0.4) is 0 Å². The van der Waals surface area contributed by atoms with E-state index in [1.54, 1.807) is 12.2 Å². The van der Waals surface area contributed by atoms with Crippen molar-refractivity contribution in [2.75, 3.05) is 6.79 Å². The Bertz CT molecular complexity index is 544. The highest BCUT2D eigenvalue weighted by atomic mass is 16.7. The molecule has 3 nitrogen and oxygen atoms in total. The number of ether oxygens (including phenoxy) is 2. The largest absolute Gasteiger partial charge is 0.454 e. The molecule has 0 saturated carbocycles. The number of carbonyl (C=O) groups excluding carboxylic acids is 1. The van der Waals surface area contributed by atoms with Gasteiger partial charge in [0.1, 0.15) is 0 Å². The molecule has 0 unspecified atom stereocenters. The number of fused-ring (bicyclic) bond motifs is 1. The molecule has 0 N–H and O–H groups in total. The maximum absolute atomic E-state index is 11.7. The SMILES string of the molecule is CCCCCCCC(=O)/C=C/C=C/c1ccc2c(c1)OCO2. The summed E-state index contributed by atoms with van der Waals surface area (Å²) in [6, 6.07) is 5.79. The van der Waals surface area contributed by atoms with Crippen molar-refractivity contribution in [3.8, 4) is 11.5 Å². The molecule has 3 heteroatoms. The van der Waals surface area contributed by atoms with Gasteiger partial charge in [0.05, 0.1) is 0 Å². The van der Waals surface area contributed by atoms with Gasteiger partial charge in [0.15, 0.2) is 17.3 Å². The van der Waals surface area contributed by atoms with Crippen LogP contribution in [-0.2, 0) is 4.79 Å². The van der Waals surface area contributed by atoms with Crippen molar-refractivity contribution in [2.24, 2.45) is 0 Å². The maximum atomic E-state index is 11.7. The lowest BCUT2D eigenvalue weighted by atomic mass is 10.1. The van der Waals surface area contributed by atoms with Crippen LogP contribution in [0, 0.1) is 0 Å². The molecule has 0 spiro atoms. The Morgan fingerprint density at radius 3 is 2.77 bits per heavy atom. The number of carbonyl (C=O) groups is 1. The first kappa shape index (κ1) is 16.3. The van der Waals surface area contributed by atoms with Crippen molar-refractivity contribution in [2.45, 2.75) is 45.4 Å². The van der Waals surface area contributed by atoms with Crippen LogP contribution in [0.25, 0.3) is 6.08 Å². The van der Waals surface area contributed by atoms with E-state index in [0.29, 0.717) is 6.42 Å². The molecule has 118 valence electrons. The number of ketones is 1. The first-order valence-corrected chi connectivity index (χ1v) is 8.07. The first-order chi connectivity index (χ1) is 10.8. The van der Waals surface area contributed by atoms with Crippen LogP contribution < -0.4 is 9.47 Å². The van der Waals surface area contributed by atoms with E-state index in [0.717, 1.165) is 29.9 Å². The van der Waals surface area contributed by atoms with Crippen LogP contribution >= 0.6 is 0 Å². The molecule has 1 aliphatic heterocycles. The smallest absolute Gasteiger partial charge is 0.231 e. The summed E-state index contributed by atoms with van der Waals surface area (Å²) in [6.45, 7) is 2.48. The highest BCUT2D eigenvalue weighted by molar-refractivity contribution is 5.89. The van der Waals surface area contributed by atoms with E-state index < -0.39 is 0 Å². The van der Waals surface area contributed by atoms with Crippen LogP contribution in [0.15, 0.2) is 36.4 Å². The molecular formula is C19H24O3. The molecule has 0 amide bonds. The Morgan fingerprint density at radius 1 is 1.09 bits per heavy atom. The molecule has 0 aliphatic carbocycles. The zero-order valence-corrected chi connectivity index (χ0v) is 13.2. The van der Waals surface area contributed by atoms with Gasteiger partial charge in [0.25, 0.3) is 0 Å². The normalized spacial score (nSPS) is 13.3. The number of hydrogen-bond donors (Lipinski definition) is 0. The third-order valence-corrected chi connectivity index (χ3v) is 3.61. The van der Waals surface area contributed by atoms with Gasteiger partial charge < -0.3 is 9.47 Å². The molecule has 1 aliphatic rings. The maximum Gasteiger partial charge on any atom is 0.231 e. The van der Waals surface area contributed by atoms with Crippen LogP contribution in [0.1, 0.15) is 51.0 Å². The fraction of sp³-hybridized carbons (Fsp3) is 0.421. The molecular weight excluding hydrogens is 276 g/mol. The van der Waals surface area contributed by atoms with Crippen LogP contribution in [0.4, 0.5) is 0 Å². The number of hydrogen-bond acceptors (Lipinski definition) is 3. The second kappa shape index (κ2) is 9.08. The van der Waals surface area contributed by atoms with Crippen LogP contribution in [0.5, 0.6) is 11.5 Å². The van der Waals surface area contributed by atoms with E-state index in [1.807, 2.05) is 30.4 Å². The molecule has 0 aromatic heterocycles. The third-order valence-electron chi connectivity index (χ3n) is 3.61. The van der Waals surface area contributed by atoms with Gasteiger partial charge in [-0.25, -0.2) is 0 Å². The van der Waals surface area contributed by atoms with Crippen molar-refractivity contribution in [1.82, 2.24) is 0 Å². The summed E-state index contributed by atoms with van der Waals surface area (Å²) in [5.41, 5.74) is 1.03. The fourth-order valence-electron chi connectivity index (χ4n) is 2.33. The Kier molecular flexibility index (Phi) is 6.75. The minimum Gasteiger partial charge on any atom is -0.454 e. The molecule has 0 bridgehead atoms. The van der Waals surface area contributed by atoms with E-state index in [1.165, 1.54) is 19.3 Å². The van der Waals surface area contributed by atoms with Crippen molar-refractivity contribution >= 4 is 11.9 Å². The summed E-state index contributed by atoms with van der Waals surface area (Å²) in [7, 11) is 0. The molecule has 1 aromatic rings. The topological polar surface area (TPSA) is 35.5 Å². The van der Waals surface area contributed by atoms with Crippen LogP contribution in [-0.4, -0.2) is 12.6 Å². The number of allylic oxidation sites excluding steroid dienone is 3. The first-order valence-electron chi connectivity index (χ1n) is 8.07. The van der Waals surface area contributed by atoms with Gasteiger partial charge in [-0.15, -0.1) is 0 Å². The van der Waals surface area contributed by atoms with Crippen molar-refractivity contribution < 1.29 is 14.3 Å². The average molecular weight is 300 g/mol. The standard InChI is InChI=1S/C19H24O3/c1-2-3-4-5-6-10-17(20)11-8-7-9-16-12-13-18-19(14-16)22-15-21-18/h7-9,11-14H,2-6,10,15H2,1H3/b9-7+,11-8+. The van der Waals surface area contributed by atoms with E-state index in [9.17, 15) is 4.79 Å². The lowest BCUT2D eigenvalue weighted by Crippen LogP contribution is -1.92. The van der Waals surface area contributed by atoms with Gasteiger partial charge in [0, 0.05) is 6.42 Å². The monoisotopic (exact) mass is 300 g/mol. The number of benzene rings is 1. The summed E-state index contributed by atoms with van der Waals surface area (Å²) in [5, 5.41) is 0. The van der Waals surface area contributed by atoms with Crippen molar-refractivity contribution in [3.63, 3.8) is 0 Å². The predicted molar refractivity (Wildman–Crippen MR) is 89.1 cm³/mol. The highest BCUT2D eigenvalue weighted by Gasteiger charge is 2.11. The van der Waals surface area contributed by atoms with Gasteiger partial charge in [0.2, 0.25) is 6.79 Å². The molecule has 22 heavy (non-hydrogen) atoms. The highest BCUT2D eigenvalue weighted by Crippen LogP contribution is 2.32. The molecule has 0 saturated heterocycles. The van der Waals surface area contributed by atoms with E-state index in [2.05, 4.69) is 6.92 Å².